The number of hydrogen-bond donors (Lipinski definition) is 1. The predicted molar refractivity (Wildman–Crippen MR) is 110 cm³/mol. The van der Waals surface area contributed by atoms with Gasteiger partial charge in [-0.05, 0) is 25.0 Å². The summed E-state index contributed by atoms with van der Waals surface area (Å²) in [4.78, 5) is 11.8. The summed E-state index contributed by atoms with van der Waals surface area (Å²) in [5.41, 5.74) is 2.03. The number of rotatable bonds is 8. The average Bonchev–Trinajstić information content (AvgIpc) is 2.69. The lowest BCUT2D eigenvalue weighted by molar-refractivity contribution is 0.101. The maximum atomic E-state index is 11.8. The van der Waals surface area contributed by atoms with Crippen LogP contribution in [0.3, 0.4) is 0 Å². The first-order valence-electron chi connectivity index (χ1n) is 9.00. The minimum Gasteiger partial charge on any atom is -0.507 e. The highest BCUT2D eigenvalue weighted by molar-refractivity contribution is 5.99. The van der Waals surface area contributed by atoms with Gasteiger partial charge >= 0.3 is 0 Å². The highest BCUT2D eigenvalue weighted by Crippen LogP contribution is 2.34. The summed E-state index contributed by atoms with van der Waals surface area (Å²) in [5.74, 6) is 0.287. The zero-order chi connectivity index (χ0) is 20.2. The zero-order valence-electron chi connectivity index (χ0n) is 16.5. The molecule has 4 nitrogen and oxygen atoms in total. The zero-order valence-corrected chi connectivity index (χ0v) is 16.5. The number of hydrogen-bond acceptors (Lipinski definition) is 4. The van der Waals surface area contributed by atoms with Crippen LogP contribution in [0.4, 0.5) is 0 Å². The highest BCUT2D eigenvalue weighted by atomic mass is 16.5. The van der Waals surface area contributed by atoms with Crippen molar-refractivity contribution in [3.63, 3.8) is 0 Å². The van der Waals surface area contributed by atoms with Crippen LogP contribution in [0.2, 0.25) is 0 Å². The van der Waals surface area contributed by atoms with Crippen molar-refractivity contribution in [2.75, 3.05) is 6.61 Å². The first-order chi connectivity index (χ1) is 13.0. The molecule has 0 aliphatic heterocycles. The van der Waals surface area contributed by atoms with Gasteiger partial charge in [-0.15, -0.1) is 0 Å². The summed E-state index contributed by atoms with van der Waals surface area (Å²) in [6.45, 7) is 11.6. The minimum absolute atomic E-state index is 0.145. The molecule has 0 atom stereocenters. The van der Waals surface area contributed by atoms with E-state index in [0.717, 1.165) is 11.1 Å². The van der Waals surface area contributed by atoms with Crippen LogP contribution >= 0.6 is 0 Å². The molecule has 2 aromatic rings. The van der Waals surface area contributed by atoms with E-state index in [9.17, 15) is 9.90 Å². The first-order valence-corrected chi connectivity index (χ1v) is 9.00. The normalized spacial score (nSPS) is 10.4. The molecule has 4 heteroatoms. The number of benzene rings is 2. The van der Waals surface area contributed by atoms with Gasteiger partial charge in [-0.2, -0.15) is 0 Å². The van der Waals surface area contributed by atoms with Gasteiger partial charge in [-0.25, -0.2) is 0 Å². The molecule has 144 valence electrons. The molecular weight excluding hydrogens is 340 g/mol. The Balaban J connectivity index is 0.00000176. The smallest absolute Gasteiger partial charge is 0.167 e. The van der Waals surface area contributed by atoms with E-state index in [1.165, 1.54) is 13.0 Å². The fourth-order valence-electron chi connectivity index (χ4n) is 2.29. The lowest BCUT2D eigenvalue weighted by Gasteiger charge is -2.14. The summed E-state index contributed by atoms with van der Waals surface area (Å²) in [7, 11) is 0. The van der Waals surface area contributed by atoms with E-state index >= 15 is 0 Å². The van der Waals surface area contributed by atoms with Gasteiger partial charge in [0.1, 0.15) is 36.0 Å². The number of Topliss-reactive ketones (excluding diaryl/α,β-unsaturated/α-hetero) is 1. The molecule has 0 fully saturated rings. The number of aromatic hydroxyl groups is 1. The highest BCUT2D eigenvalue weighted by Gasteiger charge is 2.17. The van der Waals surface area contributed by atoms with Crippen molar-refractivity contribution < 1.29 is 19.4 Å². The Morgan fingerprint density at radius 2 is 1.81 bits per heavy atom. The van der Waals surface area contributed by atoms with Gasteiger partial charge in [0.15, 0.2) is 5.78 Å². The third-order valence-electron chi connectivity index (χ3n) is 3.68. The fourth-order valence-corrected chi connectivity index (χ4v) is 2.29. The molecule has 27 heavy (non-hydrogen) atoms. The van der Waals surface area contributed by atoms with Crippen LogP contribution in [-0.4, -0.2) is 17.5 Å². The summed E-state index contributed by atoms with van der Waals surface area (Å²) in [5, 5.41) is 10.2. The van der Waals surface area contributed by atoms with Crippen LogP contribution in [-0.2, 0) is 6.61 Å². The SMILES string of the molecule is C=C/C(=C\C)COc1cc(OCc2ccccc2)cc(O)c1C(C)=O.CC. The van der Waals surface area contributed by atoms with Crippen molar-refractivity contribution in [1.29, 1.82) is 0 Å². The van der Waals surface area contributed by atoms with E-state index in [4.69, 9.17) is 9.47 Å². The second-order valence-electron chi connectivity index (χ2n) is 5.50. The molecule has 1 N–H and O–H groups in total. The molecule has 0 spiro atoms. The van der Waals surface area contributed by atoms with Gasteiger partial charge in [0.2, 0.25) is 0 Å². The van der Waals surface area contributed by atoms with Crippen molar-refractivity contribution in [2.24, 2.45) is 0 Å². The Hall–Kier alpha value is -3.01. The maximum absolute atomic E-state index is 11.8. The Morgan fingerprint density at radius 1 is 1.15 bits per heavy atom. The van der Waals surface area contributed by atoms with Crippen LogP contribution in [0.15, 0.2) is 66.8 Å². The number of ether oxygens (including phenoxy) is 2. The molecule has 2 rings (SSSR count). The van der Waals surface area contributed by atoms with Crippen LogP contribution < -0.4 is 9.47 Å². The lowest BCUT2D eigenvalue weighted by atomic mass is 10.1. The molecule has 0 unspecified atom stereocenters. The topological polar surface area (TPSA) is 55.8 Å². The van der Waals surface area contributed by atoms with Crippen molar-refractivity contribution in [1.82, 2.24) is 0 Å². The predicted octanol–water partition coefficient (Wildman–Crippen LogP) is 5.71. The molecule has 2 aromatic carbocycles. The lowest BCUT2D eigenvalue weighted by Crippen LogP contribution is -2.05. The summed E-state index contributed by atoms with van der Waals surface area (Å²) >= 11 is 0. The van der Waals surface area contributed by atoms with Crippen LogP contribution in [0.25, 0.3) is 0 Å². The van der Waals surface area contributed by atoms with Gasteiger partial charge in [-0.1, -0.05) is 62.9 Å². The van der Waals surface area contributed by atoms with Crippen LogP contribution in [0.5, 0.6) is 17.2 Å². The second-order valence-corrected chi connectivity index (χ2v) is 5.50. The standard InChI is InChI=1S/C21H22O4.C2H6/c1-4-16(5-2)13-25-20-12-18(11-19(23)21(20)15(3)22)24-14-17-9-7-6-8-10-17;1-2/h4-12,23H,1,13-14H2,2-3H3;1-2H3/b16-5+;. The van der Waals surface area contributed by atoms with Crippen molar-refractivity contribution in [3.05, 3.63) is 77.9 Å². The van der Waals surface area contributed by atoms with E-state index < -0.39 is 0 Å². The van der Waals surface area contributed by atoms with Crippen LogP contribution in [0, 0.1) is 0 Å². The number of phenols is 1. The molecule has 0 radical (unpaired) electrons. The molecule has 0 aromatic heterocycles. The summed E-state index contributed by atoms with van der Waals surface area (Å²) < 4.78 is 11.4. The Bertz CT molecular complexity index is 776. The third-order valence-corrected chi connectivity index (χ3v) is 3.68. The number of allylic oxidation sites excluding steroid dienone is 1. The first kappa shape index (κ1) is 22.0. The van der Waals surface area contributed by atoms with Gasteiger partial charge in [0.25, 0.3) is 0 Å². The van der Waals surface area contributed by atoms with Gasteiger partial charge in [0.05, 0.1) is 0 Å². The van der Waals surface area contributed by atoms with Crippen molar-refractivity contribution in [2.45, 2.75) is 34.3 Å². The van der Waals surface area contributed by atoms with Crippen molar-refractivity contribution in [3.8, 4) is 17.2 Å². The monoisotopic (exact) mass is 368 g/mol. The molecule has 0 amide bonds. The summed E-state index contributed by atoms with van der Waals surface area (Å²) in [6, 6.07) is 12.7. The average molecular weight is 368 g/mol. The number of carbonyl (C=O) groups excluding carboxylic acids is 1. The van der Waals surface area contributed by atoms with E-state index in [1.807, 2.05) is 57.2 Å². The van der Waals surface area contributed by atoms with E-state index in [0.29, 0.717) is 12.4 Å². The van der Waals surface area contributed by atoms with E-state index in [2.05, 4.69) is 6.58 Å². The molecular formula is C23H28O4. The quantitative estimate of drug-likeness (QED) is 0.479. The largest absolute Gasteiger partial charge is 0.507 e. The van der Waals surface area contributed by atoms with Gasteiger partial charge in [-0.3, -0.25) is 4.79 Å². The molecule has 0 aliphatic carbocycles. The minimum atomic E-state index is -0.275. The molecule has 0 saturated carbocycles. The molecule has 0 saturated heterocycles. The van der Waals surface area contributed by atoms with Crippen molar-refractivity contribution >= 4 is 5.78 Å². The van der Waals surface area contributed by atoms with Crippen LogP contribution in [0.1, 0.15) is 43.6 Å². The Labute approximate surface area is 161 Å². The number of ketones is 1. The van der Waals surface area contributed by atoms with E-state index in [1.54, 1.807) is 12.1 Å². The number of carbonyl (C=O) groups is 1. The molecule has 0 aliphatic rings. The number of phenolic OH excluding ortho intramolecular Hbond substituents is 1. The maximum Gasteiger partial charge on any atom is 0.167 e. The summed E-state index contributed by atoms with van der Waals surface area (Å²) in [6.07, 6.45) is 3.55. The Morgan fingerprint density at radius 3 is 2.37 bits per heavy atom. The molecule has 0 bridgehead atoms. The fraction of sp³-hybridized carbons (Fsp3) is 0.261. The molecule has 0 heterocycles. The Kier molecular flexibility index (Phi) is 9.45. The third kappa shape index (κ3) is 6.66. The van der Waals surface area contributed by atoms with E-state index in [-0.39, 0.29) is 29.5 Å². The second kappa shape index (κ2) is 11.6. The van der Waals surface area contributed by atoms with Gasteiger partial charge in [0, 0.05) is 12.1 Å². The van der Waals surface area contributed by atoms with Gasteiger partial charge < -0.3 is 14.6 Å².